The molecule has 0 N–H and O–H groups in total. The highest BCUT2D eigenvalue weighted by atomic mass is 19.1. The van der Waals surface area contributed by atoms with Gasteiger partial charge in [0.25, 0.3) is 0 Å². The molecule has 0 atom stereocenters. The Morgan fingerprint density at radius 2 is 1.76 bits per heavy atom. The van der Waals surface area contributed by atoms with Crippen molar-refractivity contribution < 1.29 is 13.9 Å². The third kappa shape index (κ3) is 2.75. The minimum absolute atomic E-state index is 0.212. The Balaban J connectivity index is 2.25. The lowest BCUT2D eigenvalue weighted by molar-refractivity contribution is 0.405. The molecule has 2 aromatic rings. The summed E-state index contributed by atoms with van der Waals surface area (Å²) in [5.41, 5.74) is 0.862. The molecule has 0 spiro atoms. The smallest absolute Gasteiger partial charge is 0.165 e. The van der Waals surface area contributed by atoms with Crippen molar-refractivity contribution in [2.75, 3.05) is 7.11 Å². The Hall–Kier alpha value is -2.03. The molecule has 2 aromatic carbocycles. The first-order valence-corrected chi connectivity index (χ1v) is 5.27. The number of ether oxygens (including phenoxy) is 2. The van der Waals surface area contributed by atoms with Crippen LogP contribution >= 0.6 is 0 Å². The van der Waals surface area contributed by atoms with E-state index >= 15 is 0 Å². The van der Waals surface area contributed by atoms with Crippen LogP contribution in [0.1, 0.15) is 5.56 Å². The largest absolute Gasteiger partial charge is 0.497 e. The third-order valence-corrected chi connectivity index (χ3v) is 2.36. The van der Waals surface area contributed by atoms with E-state index < -0.39 is 0 Å². The molecule has 0 amide bonds. The van der Waals surface area contributed by atoms with Gasteiger partial charge in [0.05, 0.1) is 7.11 Å². The van der Waals surface area contributed by atoms with Crippen LogP contribution in [0, 0.1) is 12.7 Å². The van der Waals surface area contributed by atoms with Crippen molar-refractivity contribution in [2.24, 2.45) is 0 Å². The maximum atomic E-state index is 13.6. The van der Waals surface area contributed by atoms with Gasteiger partial charge >= 0.3 is 0 Å². The van der Waals surface area contributed by atoms with Gasteiger partial charge in [0.1, 0.15) is 11.5 Å². The van der Waals surface area contributed by atoms with Crippen molar-refractivity contribution in [3.05, 3.63) is 53.8 Å². The first-order valence-electron chi connectivity index (χ1n) is 5.27. The Bertz CT molecular complexity index is 523. The lowest BCUT2D eigenvalue weighted by Gasteiger charge is -2.08. The van der Waals surface area contributed by atoms with E-state index in [1.165, 1.54) is 6.07 Å². The summed E-state index contributed by atoms with van der Waals surface area (Å²) in [6, 6.07) is 11.9. The van der Waals surface area contributed by atoms with Crippen molar-refractivity contribution in [3.63, 3.8) is 0 Å². The zero-order chi connectivity index (χ0) is 12.3. The minimum Gasteiger partial charge on any atom is -0.497 e. The van der Waals surface area contributed by atoms with Crippen LogP contribution in [-0.4, -0.2) is 7.11 Å². The molecule has 0 aliphatic heterocycles. The first-order chi connectivity index (χ1) is 8.19. The van der Waals surface area contributed by atoms with E-state index in [0.717, 1.165) is 5.56 Å². The van der Waals surface area contributed by atoms with E-state index in [-0.39, 0.29) is 11.6 Å². The molecule has 0 aromatic heterocycles. The number of methoxy groups -OCH3 is 1. The summed E-state index contributed by atoms with van der Waals surface area (Å²) < 4.78 is 24.1. The van der Waals surface area contributed by atoms with Crippen LogP contribution in [0.25, 0.3) is 0 Å². The molecule has 0 saturated carbocycles. The van der Waals surface area contributed by atoms with E-state index in [1.54, 1.807) is 43.5 Å². The topological polar surface area (TPSA) is 18.5 Å². The van der Waals surface area contributed by atoms with E-state index in [0.29, 0.717) is 11.5 Å². The maximum Gasteiger partial charge on any atom is 0.165 e. The van der Waals surface area contributed by atoms with Crippen molar-refractivity contribution in [2.45, 2.75) is 6.92 Å². The van der Waals surface area contributed by atoms with Crippen LogP contribution in [0.2, 0.25) is 0 Å². The summed E-state index contributed by atoms with van der Waals surface area (Å²) in [6.07, 6.45) is 0. The fourth-order valence-corrected chi connectivity index (χ4v) is 1.48. The Kier molecular flexibility index (Phi) is 3.28. The van der Waals surface area contributed by atoms with Crippen molar-refractivity contribution in [1.82, 2.24) is 0 Å². The number of benzene rings is 2. The number of hydrogen-bond donors (Lipinski definition) is 0. The van der Waals surface area contributed by atoms with Gasteiger partial charge in [0.15, 0.2) is 11.6 Å². The highest BCUT2D eigenvalue weighted by Gasteiger charge is 2.05. The first kappa shape index (κ1) is 11.5. The van der Waals surface area contributed by atoms with Crippen molar-refractivity contribution in [1.29, 1.82) is 0 Å². The van der Waals surface area contributed by atoms with Gasteiger partial charge in [0, 0.05) is 6.07 Å². The Labute approximate surface area is 99.6 Å². The highest BCUT2D eigenvalue weighted by molar-refractivity contribution is 5.38. The average molecular weight is 232 g/mol. The number of aryl methyl sites for hydroxylation is 1. The van der Waals surface area contributed by atoms with Crippen molar-refractivity contribution in [3.8, 4) is 17.2 Å². The van der Waals surface area contributed by atoms with Crippen LogP contribution in [0.4, 0.5) is 4.39 Å². The van der Waals surface area contributed by atoms with Crippen LogP contribution in [-0.2, 0) is 0 Å². The Morgan fingerprint density at radius 1 is 1.00 bits per heavy atom. The zero-order valence-electron chi connectivity index (χ0n) is 9.74. The second-order valence-corrected chi connectivity index (χ2v) is 3.71. The van der Waals surface area contributed by atoms with Gasteiger partial charge in [-0.05, 0) is 36.8 Å². The summed E-state index contributed by atoms with van der Waals surface area (Å²) in [5.74, 6) is 1.07. The predicted octanol–water partition coefficient (Wildman–Crippen LogP) is 3.94. The minimum atomic E-state index is -0.368. The average Bonchev–Trinajstić information content (AvgIpc) is 2.33. The third-order valence-electron chi connectivity index (χ3n) is 2.36. The van der Waals surface area contributed by atoms with Crippen molar-refractivity contribution >= 4 is 0 Å². The van der Waals surface area contributed by atoms with Crippen LogP contribution in [0.5, 0.6) is 17.2 Å². The van der Waals surface area contributed by atoms with Crippen LogP contribution in [0.3, 0.4) is 0 Å². The Morgan fingerprint density at radius 3 is 2.47 bits per heavy atom. The molecular weight excluding hydrogens is 219 g/mol. The number of halogens is 1. The lowest BCUT2D eigenvalue weighted by atomic mass is 10.2. The van der Waals surface area contributed by atoms with Gasteiger partial charge in [-0.3, -0.25) is 0 Å². The fraction of sp³-hybridized carbons (Fsp3) is 0.143. The second-order valence-electron chi connectivity index (χ2n) is 3.71. The molecule has 0 radical (unpaired) electrons. The summed E-state index contributed by atoms with van der Waals surface area (Å²) in [6.45, 7) is 1.83. The molecule has 0 unspecified atom stereocenters. The van der Waals surface area contributed by atoms with Crippen LogP contribution < -0.4 is 9.47 Å². The molecule has 0 bridgehead atoms. The molecule has 0 aliphatic rings. The fourth-order valence-electron chi connectivity index (χ4n) is 1.48. The molecule has 17 heavy (non-hydrogen) atoms. The number of hydrogen-bond acceptors (Lipinski definition) is 2. The normalized spacial score (nSPS) is 10.1. The van der Waals surface area contributed by atoms with Gasteiger partial charge in [-0.25, -0.2) is 4.39 Å². The second kappa shape index (κ2) is 4.87. The molecular formula is C14H13FO2. The zero-order valence-corrected chi connectivity index (χ0v) is 9.74. The van der Waals surface area contributed by atoms with E-state index in [4.69, 9.17) is 9.47 Å². The molecule has 2 rings (SSSR count). The van der Waals surface area contributed by atoms with E-state index in [1.807, 2.05) is 6.92 Å². The number of rotatable bonds is 3. The van der Waals surface area contributed by atoms with Crippen LogP contribution in [0.15, 0.2) is 42.5 Å². The van der Waals surface area contributed by atoms with Gasteiger partial charge in [-0.1, -0.05) is 12.1 Å². The van der Waals surface area contributed by atoms with Gasteiger partial charge in [0.2, 0.25) is 0 Å². The molecule has 0 aliphatic carbocycles. The SMILES string of the molecule is COc1cccc(Oc2ccc(C)cc2F)c1. The summed E-state index contributed by atoms with van der Waals surface area (Å²) in [4.78, 5) is 0. The molecule has 0 saturated heterocycles. The standard InChI is InChI=1S/C14H13FO2/c1-10-6-7-14(13(15)8-10)17-12-5-3-4-11(9-12)16-2/h3-9H,1-2H3. The quantitative estimate of drug-likeness (QED) is 0.798. The summed E-state index contributed by atoms with van der Waals surface area (Å²) in [7, 11) is 1.57. The molecule has 3 heteroatoms. The predicted molar refractivity (Wildman–Crippen MR) is 64.2 cm³/mol. The summed E-state index contributed by atoms with van der Waals surface area (Å²) >= 11 is 0. The molecule has 88 valence electrons. The van der Waals surface area contributed by atoms with E-state index in [9.17, 15) is 4.39 Å². The summed E-state index contributed by atoms with van der Waals surface area (Å²) in [5, 5.41) is 0. The van der Waals surface area contributed by atoms with Gasteiger partial charge in [-0.2, -0.15) is 0 Å². The lowest BCUT2D eigenvalue weighted by Crippen LogP contribution is -1.90. The molecule has 0 heterocycles. The van der Waals surface area contributed by atoms with E-state index in [2.05, 4.69) is 0 Å². The highest BCUT2D eigenvalue weighted by Crippen LogP contribution is 2.27. The molecule has 2 nitrogen and oxygen atoms in total. The maximum absolute atomic E-state index is 13.6. The van der Waals surface area contributed by atoms with Gasteiger partial charge in [-0.15, -0.1) is 0 Å². The van der Waals surface area contributed by atoms with Gasteiger partial charge < -0.3 is 9.47 Å². The monoisotopic (exact) mass is 232 g/mol. The molecule has 0 fully saturated rings.